The molecule has 0 bridgehead atoms. The van der Waals surface area contributed by atoms with Crippen molar-refractivity contribution in [1.29, 1.82) is 0 Å². The normalized spacial score (nSPS) is 25.1. The minimum atomic E-state index is 0.245. The van der Waals surface area contributed by atoms with E-state index in [1.807, 2.05) is 0 Å². The van der Waals surface area contributed by atoms with Gasteiger partial charge in [-0.2, -0.15) is 0 Å². The Morgan fingerprint density at radius 1 is 1.24 bits per heavy atom. The molecule has 0 saturated carbocycles. The molecule has 1 rings (SSSR count). The Balaban J connectivity index is 2.37. The Hall–Kier alpha value is -0.120. The molecule has 0 aromatic heterocycles. The van der Waals surface area contributed by atoms with Gasteiger partial charge < -0.3 is 10.1 Å². The van der Waals surface area contributed by atoms with Crippen molar-refractivity contribution in [1.82, 2.24) is 10.2 Å². The molecule has 1 aliphatic heterocycles. The van der Waals surface area contributed by atoms with Crippen LogP contribution in [0, 0.1) is 0 Å². The van der Waals surface area contributed by atoms with Gasteiger partial charge in [-0.25, -0.2) is 0 Å². The standard InChI is InChI=1S/C14H30N2O/c1-5-7-13-11-15-14(3,4)12-16(13)8-10-17-9-6-2/h13,15H,5-12H2,1-4H3. The van der Waals surface area contributed by atoms with Crippen molar-refractivity contribution >= 4 is 0 Å². The number of hydrogen-bond donors (Lipinski definition) is 1. The van der Waals surface area contributed by atoms with Gasteiger partial charge in [0.05, 0.1) is 6.61 Å². The van der Waals surface area contributed by atoms with E-state index in [2.05, 4.69) is 37.9 Å². The molecule has 102 valence electrons. The van der Waals surface area contributed by atoms with Crippen molar-refractivity contribution in [2.24, 2.45) is 0 Å². The molecular weight excluding hydrogens is 212 g/mol. The second-order valence-corrected chi connectivity index (χ2v) is 5.79. The second-order valence-electron chi connectivity index (χ2n) is 5.79. The average molecular weight is 242 g/mol. The number of nitrogens with one attached hydrogen (secondary N) is 1. The summed E-state index contributed by atoms with van der Waals surface area (Å²) in [5.74, 6) is 0. The fourth-order valence-electron chi connectivity index (χ4n) is 2.52. The maximum atomic E-state index is 5.62. The molecule has 1 fully saturated rings. The van der Waals surface area contributed by atoms with Crippen molar-refractivity contribution in [3.63, 3.8) is 0 Å². The van der Waals surface area contributed by atoms with Gasteiger partial charge in [-0.3, -0.25) is 4.90 Å². The van der Waals surface area contributed by atoms with E-state index in [1.165, 1.54) is 12.8 Å². The van der Waals surface area contributed by atoms with E-state index < -0.39 is 0 Å². The van der Waals surface area contributed by atoms with Crippen LogP contribution in [0.4, 0.5) is 0 Å². The van der Waals surface area contributed by atoms with Gasteiger partial charge in [0, 0.05) is 37.8 Å². The van der Waals surface area contributed by atoms with Crippen LogP contribution >= 0.6 is 0 Å². The zero-order valence-electron chi connectivity index (χ0n) is 12.1. The molecule has 1 N–H and O–H groups in total. The van der Waals surface area contributed by atoms with Crippen molar-refractivity contribution in [2.75, 3.05) is 32.8 Å². The molecule has 3 nitrogen and oxygen atoms in total. The monoisotopic (exact) mass is 242 g/mol. The van der Waals surface area contributed by atoms with Crippen molar-refractivity contribution in [2.45, 2.75) is 58.5 Å². The van der Waals surface area contributed by atoms with Gasteiger partial charge in [-0.1, -0.05) is 20.3 Å². The van der Waals surface area contributed by atoms with Crippen LogP contribution in [0.25, 0.3) is 0 Å². The largest absolute Gasteiger partial charge is 0.380 e. The van der Waals surface area contributed by atoms with E-state index in [-0.39, 0.29) is 5.54 Å². The fraction of sp³-hybridized carbons (Fsp3) is 1.00. The number of nitrogens with zero attached hydrogens (tertiary/aromatic N) is 1. The zero-order valence-corrected chi connectivity index (χ0v) is 12.1. The van der Waals surface area contributed by atoms with E-state index in [4.69, 9.17) is 4.74 Å². The Labute approximate surface area is 107 Å². The Morgan fingerprint density at radius 3 is 2.65 bits per heavy atom. The lowest BCUT2D eigenvalue weighted by Crippen LogP contribution is -2.61. The molecule has 0 amide bonds. The predicted molar refractivity (Wildman–Crippen MR) is 73.5 cm³/mol. The van der Waals surface area contributed by atoms with Crippen molar-refractivity contribution < 1.29 is 4.74 Å². The van der Waals surface area contributed by atoms with E-state index in [0.717, 1.165) is 39.3 Å². The van der Waals surface area contributed by atoms with Gasteiger partial charge in [-0.05, 0) is 26.7 Å². The fourth-order valence-corrected chi connectivity index (χ4v) is 2.52. The molecule has 1 unspecified atom stereocenters. The predicted octanol–water partition coefficient (Wildman–Crippen LogP) is 2.27. The van der Waals surface area contributed by atoms with Crippen LogP contribution in [-0.2, 0) is 4.74 Å². The van der Waals surface area contributed by atoms with Crippen LogP contribution < -0.4 is 5.32 Å². The molecule has 1 saturated heterocycles. The third-order valence-electron chi connectivity index (χ3n) is 3.42. The summed E-state index contributed by atoms with van der Waals surface area (Å²) in [6.45, 7) is 14.1. The first-order valence-corrected chi connectivity index (χ1v) is 7.16. The maximum absolute atomic E-state index is 5.62. The van der Waals surface area contributed by atoms with Crippen molar-refractivity contribution in [3.8, 4) is 0 Å². The summed E-state index contributed by atoms with van der Waals surface area (Å²) >= 11 is 0. The van der Waals surface area contributed by atoms with Crippen LogP contribution in [0.15, 0.2) is 0 Å². The summed E-state index contributed by atoms with van der Waals surface area (Å²) in [6.07, 6.45) is 3.67. The number of rotatable bonds is 7. The lowest BCUT2D eigenvalue weighted by atomic mass is 9.97. The first kappa shape index (κ1) is 14.9. The third-order valence-corrected chi connectivity index (χ3v) is 3.42. The highest BCUT2D eigenvalue weighted by Crippen LogP contribution is 2.17. The minimum absolute atomic E-state index is 0.245. The van der Waals surface area contributed by atoms with Crippen LogP contribution in [0.3, 0.4) is 0 Å². The summed E-state index contributed by atoms with van der Waals surface area (Å²) in [7, 11) is 0. The van der Waals surface area contributed by atoms with Crippen LogP contribution in [-0.4, -0.2) is 49.3 Å². The zero-order chi connectivity index (χ0) is 12.7. The number of ether oxygens (including phenoxy) is 1. The summed E-state index contributed by atoms with van der Waals surface area (Å²) in [4.78, 5) is 2.61. The topological polar surface area (TPSA) is 24.5 Å². The SMILES string of the molecule is CCCOCCN1CC(C)(C)NCC1CCC. The van der Waals surface area contributed by atoms with E-state index in [0.29, 0.717) is 6.04 Å². The van der Waals surface area contributed by atoms with Gasteiger partial charge in [0.1, 0.15) is 0 Å². The smallest absolute Gasteiger partial charge is 0.0593 e. The lowest BCUT2D eigenvalue weighted by Gasteiger charge is -2.44. The molecule has 1 atom stereocenters. The molecule has 1 aliphatic rings. The van der Waals surface area contributed by atoms with E-state index in [9.17, 15) is 0 Å². The van der Waals surface area contributed by atoms with Crippen LogP contribution in [0.5, 0.6) is 0 Å². The minimum Gasteiger partial charge on any atom is -0.380 e. The first-order chi connectivity index (χ1) is 8.09. The Morgan fingerprint density at radius 2 is 2.00 bits per heavy atom. The molecule has 0 aromatic carbocycles. The number of hydrogen-bond acceptors (Lipinski definition) is 3. The molecule has 0 radical (unpaired) electrons. The van der Waals surface area contributed by atoms with E-state index >= 15 is 0 Å². The third kappa shape index (κ3) is 5.36. The number of piperazine rings is 1. The molecule has 0 aliphatic carbocycles. The summed E-state index contributed by atoms with van der Waals surface area (Å²) < 4.78 is 5.62. The van der Waals surface area contributed by atoms with Gasteiger partial charge >= 0.3 is 0 Å². The second kappa shape index (κ2) is 7.34. The molecule has 0 spiro atoms. The first-order valence-electron chi connectivity index (χ1n) is 7.16. The highest BCUT2D eigenvalue weighted by molar-refractivity contribution is 4.91. The Kier molecular flexibility index (Phi) is 6.45. The average Bonchev–Trinajstić information content (AvgIpc) is 2.27. The molecular formula is C14H30N2O. The van der Waals surface area contributed by atoms with Gasteiger partial charge in [0.25, 0.3) is 0 Å². The summed E-state index contributed by atoms with van der Waals surface area (Å²) in [6, 6.07) is 0.693. The highest BCUT2D eigenvalue weighted by atomic mass is 16.5. The molecule has 3 heteroatoms. The summed E-state index contributed by atoms with van der Waals surface area (Å²) in [5.41, 5.74) is 0.245. The van der Waals surface area contributed by atoms with Gasteiger partial charge in [-0.15, -0.1) is 0 Å². The maximum Gasteiger partial charge on any atom is 0.0593 e. The van der Waals surface area contributed by atoms with Crippen molar-refractivity contribution in [3.05, 3.63) is 0 Å². The van der Waals surface area contributed by atoms with Crippen LogP contribution in [0.2, 0.25) is 0 Å². The quantitative estimate of drug-likeness (QED) is 0.693. The highest BCUT2D eigenvalue weighted by Gasteiger charge is 2.31. The van der Waals surface area contributed by atoms with Gasteiger partial charge in [0.2, 0.25) is 0 Å². The molecule has 0 aromatic rings. The molecule has 17 heavy (non-hydrogen) atoms. The Bertz CT molecular complexity index is 206. The lowest BCUT2D eigenvalue weighted by molar-refractivity contribution is 0.0464. The summed E-state index contributed by atoms with van der Waals surface area (Å²) in [5, 5.41) is 3.64. The van der Waals surface area contributed by atoms with Gasteiger partial charge in [0.15, 0.2) is 0 Å². The van der Waals surface area contributed by atoms with Crippen LogP contribution in [0.1, 0.15) is 47.0 Å². The molecule has 1 heterocycles. The van der Waals surface area contributed by atoms with E-state index in [1.54, 1.807) is 0 Å².